The predicted molar refractivity (Wildman–Crippen MR) is 231 cm³/mol. The molecule has 0 fully saturated rings. The van der Waals surface area contributed by atoms with Gasteiger partial charge in [-0.15, -0.1) is 11.3 Å². The van der Waals surface area contributed by atoms with Crippen LogP contribution in [0.4, 0.5) is 34.1 Å². The zero-order valence-electron chi connectivity index (χ0n) is 40.7. The molecule has 0 bridgehead atoms. The van der Waals surface area contributed by atoms with Crippen molar-refractivity contribution in [3.8, 4) is 0 Å². The fraction of sp³-hybridized carbons (Fsp3) is 0.333. The number of thiophene rings is 1. The largest absolute Gasteiger partial charge is 0.311 e. The SMILES string of the molecule is [2H]C([2H])([2H])C(c1ccc2c(c1)N(c1ccc(C(C)(C)C)cc1)c1cccc3c1B2c1sc2ccc(C(C)(C)C)cc2c1N3c1ccc(C(C)(C)C)cc1)(C([2H])([2H])[2H])C([2H])([2H])[2H]. The van der Waals surface area contributed by atoms with E-state index in [9.17, 15) is 0 Å². The zero-order valence-corrected chi connectivity index (χ0v) is 32.5. The van der Waals surface area contributed by atoms with E-state index in [1.807, 2.05) is 18.2 Å². The maximum atomic E-state index is 8.62. The summed E-state index contributed by atoms with van der Waals surface area (Å²) in [5.74, 6) is 0. The molecule has 0 saturated heterocycles. The number of anilines is 6. The van der Waals surface area contributed by atoms with Crippen LogP contribution in [0.2, 0.25) is 0 Å². The molecule has 2 nitrogen and oxygen atoms in total. The molecule has 5 aromatic carbocycles. The fourth-order valence-corrected chi connectivity index (χ4v) is 9.18. The van der Waals surface area contributed by atoms with Crippen LogP contribution in [-0.4, -0.2) is 6.71 Å². The first kappa shape index (κ1) is 25.7. The molecular weight excluding hydrogens is 647 g/mol. The lowest BCUT2D eigenvalue weighted by Gasteiger charge is -2.43. The van der Waals surface area contributed by atoms with Gasteiger partial charge in [0.25, 0.3) is 6.71 Å². The van der Waals surface area contributed by atoms with Gasteiger partial charge in [0.2, 0.25) is 0 Å². The molecule has 0 unspecified atom stereocenters. The summed E-state index contributed by atoms with van der Waals surface area (Å²) < 4.78 is 79.8. The van der Waals surface area contributed by atoms with E-state index < -0.39 is 26.0 Å². The summed E-state index contributed by atoms with van der Waals surface area (Å²) in [6.07, 6.45) is 0. The van der Waals surface area contributed by atoms with Crippen LogP contribution < -0.4 is 25.5 Å². The minimum absolute atomic E-state index is 0.0405. The molecule has 0 saturated carbocycles. The maximum Gasteiger partial charge on any atom is 0.264 e. The van der Waals surface area contributed by atoms with E-state index in [0.717, 1.165) is 59.8 Å². The van der Waals surface area contributed by atoms with Crippen LogP contribution in [0.15, 0.2) is 103 Å². The van der Waals surface area contributed by atoms with E-state index in [2.05, 4.69) is 139 Å². The van der Waals surface area contributed by atoms with Crippen molar-refractivity contribution in [2.75, 3.05) is 9.80 Å². The molecule has 3 heterocycles. The van der Waals surface area contributed by atoms with Gasteiger partial charge >= 0.3 is 0 Å². The molecule has 0 atom stereocenters. The Bertz CT molecular complexity index is 2640. The van der Waals surface area contributed by atoms with Crippen LogP contribution >= 0.6 is 11.3 Å². The van der Waals surface area contributed by atoms with Crippen LogP contribution in [0, 0.1) is 0 Å². The minimum Gasteiger partial charge on any atom is -0.311 e. The number of benzene rings is 5. The van der Waals surface area contributed by atoms with E-state index >= 15 is 0 Å². The van der Waals surface area contributed by atoms with Gasteiger partial charge < -0.3 is 9.80 Å². The third kappa shape index (κ3) is 5.61. The van der Waals surface area contributed by atoms with Gasteiger partial charge in [-0.05, 0) is 109 Å². The molecule has 2 aliphatic heterocycles. The second-order valence-electron chi connectivity index (χ2n) is 17.7. The van der Waals surface area contributed by atoms with Crippen LogP contribution in [-0.2, 0) is 21.7 Å². The van der Waals surface area contributed by atoms with Crippen molar-refractivity contribution in [1.29, 1.82) is 0 Å². The highest BCUT2D eigenvalue weighted by molar-refractivity contribution is 7.33. The molecule has 2 aliphatic rings. The first-order valence-electron chi connectivity index (χ1n) is 22.7. The molecule has 0 amide bonds. The topological polar surface area (TPSA) is 6.48 Å². The van der Waals surface area contributed by atoms with Crippen molar-refractivity contribution < 1.29 is 12.3 Å². The van der Waals surface area contributed by atoms with Crippen molar-refractivity contribution in [3.63, 3.8) is 0 Å². The van der Waals surface area contributed by atoms with E-state index in [4.69, 9.17) is 12.3 Å². The molecule has 52 heavy (non-hydrogen) atoms. The second kappa shape index (κ2) is 11.6. The lowest BCUT2D eigenvalue weighted by molar-refractivity contribution is 0.590. The second-order valence-corrected chi connectivity index (χ2v) is 18.8. The summed E-state index contributed by atoms with van der Waals surface area (Å²) in [7, 11) is 0. The lowest BCUT2D eigenvalue weighted by atomic mass is 9.36. The fourth-order valence-electron chi connectivity index (χ4n) is 7.88. The molecule has 0 spiro atoms. The predicted octanol–water partition coefficient (Wildman–Crippen LogP) is 12.2. The molecule has 0 N–H and O–H groups in total. The summed E-state index contributed by atoms with van der Waals surface area (Å²) in [6, 6.07) is 34.8. The highest BCUT2D eigenvalue weighted by Gasteiger charge is 2.45. The van der Waals surface area contributed by atoms with Gasteiger partial charge in [-0.1, -0.05) is 131 Å². The van der Waals surface area contributed by atoms with Gasteiger partial charge in [-0.25, -0.2) is 0 Å². The standard InChI is InChI=1S/C48H53BN2S/c1-45(2,3)30-16-22-34(23-17-30)50-38-14-13-15-39-42(38)49(37-26-20-33(29-40(37)50)48(10,11)12)44-43(36-28-32(47(7,8)9)21-27-41(36)52-44)51(39)35-24-18-31(19-25-35)46(4,5)6/h13-29H,1-12H3/i10D3,11D3,12D3. The van der Waals surface area contributed by atoms with E-state index in [1.54, 1.807) is 17.4 Å². The normalized spacial score (nSPS) is 17.7. The van der Waals surface area contributed by atoms with Crippen molar-refractivity contribution in [1.82, 2.24) is 0 Å². The molecule has 264 valence electrons. The van der Waals surface area contributed by atoms with Gasteiger partial charge in [-0.3, -0.25) is 0 Å². The molecule has 1 aromatic heterocycles. The van der Waals surface area contributed by atoms with Gasteiger partial charge in [0.1, 0.15) is 0 Å². The van der Waals surface area contributed by atoms with Crippen molar-refractivity contribution >= 4 is 78.0 Å². The summed E-state index contributed by atoms with van der Waals surface area (Å²) in [6.45, 7) is 9.15. The quantitative estimate of drug-likeness (QED) is 0.165. The molecule has 0 radical (unpaired) electrons. The zero-order chi connectivity index (χ0) is 44.6. The van der Waals surface area contributed by atoms with E-state index in [-0.39, 0.29) is 28.5 Å². The first-order chi connectivity index (χ1) is 28.1. The maximum absolute atomic E-state index is 8.62. The molecule has 0 aliphatic carbocycles. The van der Waals surface area contributed by atoms with Gasteiger partial charge in [-0.2, -0.15) is 0 Å². The van der Waals surface area contributed by atoms with Crippen LogP contribution in [0.5, 0.6) is 0 Å². The molecule has 8 rings (SSSR count). The van der Waals surface area contributed by atoms with Crippen molar-refractivity contribution in [3.05, 3.63) is 125 Å². The van der Waals surface area contributed by atoms with Gasteiger partial charge in [0, 0.05) is 55.6 Å². The Kier molecular flexibility index (Phi) is 5.73. The Morgan fingerprint density at radius 1 is 0.519 bits per heavy atom. The van der Waals surface area contributed by atoms with Crippen molar-refractivity contribution in [2.45, 2.75) is 105 Å². The third-order valence-electron chi connectivity index (χ3n) is 10.9. The van der Waals surface area contributed by atoms with Crippen LogP contribution in [0.25, 0.3) is 10.1 Å². The minimum atomic E-state index is -3.41. The van der Waals surface area contributed by atoms with Crippen molar-refractivity contribution in [2.24, 2.45) is 0 Å². The Morgan fingerprint density at radius 2 is 1.02 bits per heavy atom. The number of hydrogen-bond donors (Lipinski definition) is 0. The summed E-state index contributed by atoms with van der Waals surface area (Å²) >= 11 is 1.72. The lowest BCUT2D eigenvalue weighted by Crippen LogP contribution is -2.60. The number of fused-ring (bicyclic) bond motifs is 6. The average Bonchev–Trinajstić information content (AvgIpc) is 3.51. The summed E-state index contributed by atoms with van der Waals surface area (Å²) in [4.78, 5) is 4.44. The smallest absolute Gasteiger partial charge is 0.264 e. The van der Waals surface area contributed by atoms with Crippen LogP contribution in [0.3, 0.4) is 0 Å². The monoisotopic (exact) mass is 709 g/mol. The molecule has 6 aromatic rings. The number of hydrogen-bond acceptors (Lipinski definition) is 3. The number of nitrogens with zero attached hydrogens (tertiary/aromatic N) is 2. The Morgan fingerprint density at radius 3 is 1.58 bits per heavy atom. The molecular formula is C48H53BN2S. The average molecular weight is 710 g/mol. The van der Waals surface area contributed by atoms with Gasteiger partial charge in [0.15, 0.2) is 0 Å². The van der Waals surface area contributed by atoms with E-state index in [1.165, 1.54) is 23.3 Å². The van der Waals surface area contributed by atoms with Gasteiger partial charge in [0.05, 0.1) is 5.69 Å². The Labute approximate surface area is 329 Å². The Hall–Kier alpha value is -4.28. The highest BCUT2D eigenvalue weighted by atomic mass is 32.1. The third-order valence-corrected chi connectivity index (χ3v) is 12.1. The number of rotatable bonds is 2. The first-order valence-corrected chi connectivity index (χ1v) is 19.0. The van der Waals surface area contributed by atoms with Crippen LogP contribution in [0.1, 0.15) is 117 Å². The highest BCUT2D eigenvalue weighted by Crippen LogP contribution is 2.49. The molecule has 4 heteroatoms. The summed E-state index contributed by atoms with van der Waals surface area (Å²) in [5, 5.41) is 1.12. The Balaban J connectivity index is 1.49. The van der Waals surface area contributed by atoms with E-state index in [0.29, 0.717) is 5.69 Å². The summed E-state index contributed by atoms with van der Waals surface area (Å²) in [5.41, 5.74) is 6.93.